The van der Waals surface area contributed by atoms with Crippen molar-refractivity contribution in [3.05, 3.63) is 56.7 Å². The van der Waals surface area contributed by atoms with Crippen molar-refractivity contribution >= 4 is 11.5 Å². The highest BCUT2D eigenvalue weighted by Gasteiger charge is 2.12. The predicted molar refractivity (Wildman–Crippen MR) is 78.6 cm³/mol. The number of hydrogen-bond acceptors (Lipinski definition) is 5. The molecule has 0 bridgehead atoms. The third-order valence-corrected chi connectivity index (χ3v) is 2.76. The Kier molecular flexibility index (Phi) is 3.90. The number of hydrazine groups is 1. The number of anilines is 2. The standard InChI is InChI=1S/C13H17N5O2/c1-17(2)16-10-11(14)18(13(20)15-12(10)19)8-9-6-4-3-5-7-9/h3-7,16H,8,14H2,1-2H3,(H,15,19,20). The molecular formula is C13H17N5O2. The van der Waals surface area contributed by atoms with Crippen LogP contribution in [0.3, 0.4) is 0 Å². The molecule has 2 rings (SSSR count). The Morgan fingerprint density at radius 2 is 1.90 bits per heavy atom. The molecule has 4 N–H and O–H groups in total. The molecule has 0 fully saturated rings. The van der Waals surface area contributed by atoms with Gasteiger partial charge in [-0.25, -0.2) is 9.80 Å². The molecule has 0 saturated carbocycles. The van der Waals surface area contributed by atoms with E-state index in [9.17, 15) is 9.59 Å². The van der Waals surface area contributed by atoms with E-state index in [2.05, 4.69) is 10.4 Å². The van der Waals surface area contributed by atoms with Crippen molar-refractivity contribution in [2.75, 3.05) is 25.3 Å². The fourth-order valence-corrected chi connectivity index (χ4v) is 1.84. The lowest BCUT2D eigenvalue weighted by Crippen LogP contribution is -2.36. The highest BCUT2D eigenvalue weighted by atomic mass is 16.2. The average molecular weight is 275 g/mol. The second kappa shape index (κ2) is 5.62. The Morgan fingerprint density at radius 1 is 1.25 bits per heavy atom. The van der Waals surface area contributed by atoms with Crippen LogP contribution in [0, 0.1) is 0 Å². The maximum Gasteiger partial charge on any atom is 0.330 e. The lowest BCUT2D eigenvalue weighted by atomic mass is 10.2. The zero-order chi connectivity index (χ0) is 14.7. The summed E-state index contributed by atoms with van der Waals surface area (Å²) in [7, 11) is 3.46. The van der Waals surface area contributed by atoms with Gasteiger partial charge in [0.25, 0.3) is 5.56 Å². The highest BCUT2D eigenvalue weighted by molar-refractivity contribution is 5.59. The van der Waals surface area contributed by atoms with E-state index < -0.39 is 11.2 Å². The van der Waals surface area contributed by atoms with Gasteiger partial charge in [-0.2, -0.15) is 0 Å². The van der Waals surface area contributed by atoms with Crippen molar-refractivity contribution < 1.29 is 0 Å². The van der Waals surface area contributed by atoms with Gasteiger partial charge in [-0.15, -0.1) is 0 Å². The topological polar surface area (TPSA) is 96.2 Å². The number of rotatable bonds is 4. The van der Waals surface area contributed by atoms with Gasteiger partial charge in [-0.05, 0) is 5.56 Å². The van der Waals surface area contributed by atoms with E-state index in [0.29, 0.717) is 6.54 Å². The predicted octanol–water partition coefficient (Wildman–Crippen LogP) is 0.0556. The van der Waals surface area contributed by atoms with Gasteiger partial charge in [0.1, 0.15) is 5.82 Å². The summed E-state index contributed by atoms with van der Waals surface area (Å²) >= 11 is 0. The van der Waals surface area contributed by atoms with Gasteiger partial charge in [0.05, 0.1) is 6.54 Å². The normalized spacial score (nSPS) is 10.8. The molecule has 1 aromatic carbocycles. The van der Waals surface area contributed by atoms with Gasteiger partial charge in [0.2, 0.25) is 0 Å². The first kappa shape index (κ1) is 13.9. The first-order valence-corrected chi connectivity index (χ1v) is 6.09. The summed E-state index contributed by atoms with van der Waals surface area (Å²) in [5.41, 5.74) is 8.75. The number of aromatic amines is 1. The molecule has 106 valence electrons. The maximum absolute atomic E-state index is 11.9. The van der Waals surface area contributed by atoms with Crippen LogP contribution in [0.5, 0.6) is 0 Å². The van der Waals surface area contributed by atoms with Gasteiger partial charge in [0, 0.05) is 14.1 Å². The van der Waals surface area contributed by atoms with Gasteiger partial charge in [0.15, 0.2) is 5.69 Å². The number of nitrogens with two attached hydrogens (primary N) is 1. The molecule has 0 aliphatic carbocycles. The number of benzene rings is 1. The Labute approximate surface area is 115 Å². The molecule has 7 heteroatoms. The minimum Gasteiger partial charge on any atom is -0.383 e. The fourth-order valence-electron chi connectivity index (χ4n) is 1.84. The minimum atomic E-state index is -0.537. The van der Waals surface area contributed by atoms with Crippen LogP contribution in [-0.4, -0.2) is 28.7 Å². The highest BCUT2D eigenvalue weighted by Crippen LogP contribution is 2.12. The number of H-pyrrole nitrogens is 1. The third-order valence-electron chi connectivity index (χ3n) is 2.76. The first-order valence-electron chi connectivity index (χ1n) is 6.09. The molecule has 2 aromatic rings. The molecule has 0 saturated heterocycles. The SMILES string of the molecule is CN(C)Nc1c(N)n(Cc2ccccc2)c(=O)[nH]c1=O. The fraction of sp³-hybridized carbons (Fsp3) is 0.231. The van der Waals surface area contributed by atoms with Crippen molar-refractivity contribution in [1.82, 2.24) is 14.6 Å². The zero-order valence-corrected chi connectivity index (χ0v) is 11.4. The van der Waals surface area contributed by atoms with Gasteiger partial charge in [-0.3, -0.25) is 14.3 Å². The van der Waals surface area contributed by atoms with Crippen molar-refractivity contribution in [3.8, 4) is 0 Å². The van der Waals surface area contributed by atoms with Gasteiger partial charge >= 0.3 is 5.69 Å². The summed E-state index contributed by atoms with van der Waals surface area (Å²) in [5, 5.41) is 1.58. The van der Waals surface area contributed by atoms with Crippen molar-refractivity contribution in [1.29, 1.82) is 0 Å². The van der Waals surface area contributed by atoms with Crippen molar-refractivity contribution in [3.63, 3.8) is 0 Å². The smallest absolute Gasteiger partial charge is 0.330 e. The summed E-state index contributed by atoms with van der Waals surface area (Å²) < 4.78 is 1.32. The molecule has 0 aliphatic heterocycles. The lowest BCUT2D eigenvalue weighted by Gasteiger charge is -2.17. The van der Waals surface area contributed by atoms with E-state index in [1.54, 1.807) is 19.1 Å². The van der Waals surface area contributed by atoms with E-state index in [1.165, 1.54) is 4.57 Å². The molecule has 7 nitrogen and oxygen atoms in total. The second-order valence-corrected chi connectivity index (χ2v) is 4.60. The Morgan fingerprint density at radius 3 is 2.50 bits per heavy atom. The maximum atomic E-state index is 11.9. The Balaban J connectivity index is 2.48. The molecular weight excluding hydrogens is 258 g/mol. The molecule has 0 unspecified atom stereocenters. The third kappa shape index (κ3) is 2.89. The van der Waals surface area contributed by atoms with Crippen LogP contribution >= 0.6 is 0 Å². The van der Waals surface area contributed by atoms with Gasteiger partial charge < -0.3 is 11.2 Å². The van der Waals surface area contributed by atoms with E-state index in [0.717, 1.165) is 5.56 Å². The van der Waals surface area contributed by atoms with Crippen molar-refractivity contribution in [2.24, 2.45) is 0 Å². The van der Waals surface area contributed by atoms with E-state index in [-0.39, 0.29) is 11.5 Å². The molecule has 0 atom stereocenters. The zero-order valence-electron chi connectivity index (χ0n) is 11.4. The molecule has 0 spiro atoms. The van der Waals surface area contributed by atoms with Crippen LogP contribution in [-0.2, 0) is 6.54 Å². The van der Waals surface area contributed by atoms with Crippen LogP contribution in [0.2, 0.25) is 0 Å². The number of nitrogens with one attached hydrogen (secondary N) is 2. The molecule has 0 amide bonds. The number of nitrogens with zero attached hydrogens (tertiary/aromatic N) is 2. The van der Waals surface area contributed by atoms with Crippen LogP contribution < -0.4 is 22.4 Å². The van der Waals surface area contributed by atoms with Crippen LogP contribution in [0.15, 0.2) is 39.9 Å². The summed E-state index contributed by atoms with van der Waals surface area (Å²) in [6, 6.07) is 9.41. The average Bonchev–Trinajstić information content (AvgIpc) is 2.40. The number of nitrogen functional groups attached to an aromatic ring is 1. The second-order valence-electron chi connectivity index (χ2n) is 4.60. The van der Waals surface area contributed by atoms with Gasteiger partial charge in [-0.1, -0.05) is 30.3 Å². The summed E-state index contributed by atoms with van der Waals surface area (Å²) in [6.45, 7) is 0.296. The summed E-state index contributed by atoms with van der Waals surface area (Å²) in [4.78, 5) is 25.9. The van der Waals surface area contributed by atoms with E-state index >= 15 is 0 Å². The van der Waals surface area contributed by atoms with Crippen LogP contribution in [0.25, 0.3) is 0 Å². The Hall–Kier alpha value is -2.54. The van der Waals surface area contributed by atoms with E-state index in [4.69, 9.17) is 5.73 Å². The molecule has 20 heavy (non-hydrogen) atoms. The summed E-state index contributed by atoms with van der Waals surface area (Å²) in [6.07, 6.45) is 0. The van der Waals surface area contributed by atoms with Crippen LogP contribution in [0.4, 0.5) is 11.5 Å². The Bertz CT molecular complexity index is 703. The number of aromatic nitrogens is 2. The molecule has 0 radical (unpaired) electrons. The lowest BCUT2D eigenvalue weighted by molar-refractivity contribution is 0.493. The molecule has 1 heterocycles. The first-order chi connectivity index (χ1) is 9.49. The molecule has 1 aromatic heterocycles. The quantitative estimate of drug-likeness (QED) is 0.685. The number of hydrogen-bond donors (Lipinski definition) is 3. The minimum absolute atomic E-state index is 0.108. The van der Waals surface area contributed by atoms with E-state index in [1.807, 2.05) is 30.3 Å². The van der Waals surface area contributed by atoms with Crippen LogP contribution in [0.1, 0.15) is 5.56 Å². The monoisotopic (exact) mass is 275 g/mol. The molecule has 0 aliphatic rings. The van der Waals surface area contributed by atoms with Crippen molar-refractivity contribution in [2.45, 2.75) is 6.54 Å². The summed E-state index contributed by atoms with van der Waals surface area (Å²) in [5.74, 6) is 0.108. The largest absolute Gasteiger partial charge is 0.383 e.